The van der Waals surface area contributed by atoms with Crippen molar-refractivity contribution in [2.45, 2.75) is 18.0 Å². The molecule has 7 heteroatoms. The van der Waals surface area contributed by atoms with Crippen LogP contribution >= 0.6 is 0 Å². The third-order valence-corrected chi connectivity index (χ3v) is 4.32. The fourth-order valence-electron chi connectivity index (χ4n) is 1.83. The Bertz CT molecular complexity index is 748. The second kappa shape index (κ2) is 6.21. The smallest absolute Gasteiger partial charge is 0.243 e. The van der Waals surface area contributed by atoms with E-state index < -0.39 is 20.7 Å². The minimum absolute atomic E-state index is 0.0000102. The molecule has 0 amide bonds. The number of nitrogen functional groups attached to an aromatic ring is 1. The van der Waals surface area contributed by atoms with Crippen molar-refractivity contribution in [1.29, 1.82) is 0 Å². The average molecular weight is 310 g/mol. The van der Waals surface area contributed by atoms with E-state index in [1.165, 1.54) is 6.07 Å². The normalized spacial score (nSPS) is 11.5. The van der Waals surface area contributed by atoms with Crippen LogP contribution in [-0.4, -0.2) is 13.5 Å². The number of anilines is 1. The number of sulfonamides is 1. The summed E-state index contributed by atoms with van der Waals surface area (Å²) >= 11 is 0. The van der Waals surface area contributed by atoms with Crippen molar-refractivity contribution in [3.63, 3.8) is 0 Å². The quantitative estimate of drug-likeness (QED) is 0.727. The van der Waals surface area contributed by atoms with Crippen LogP contribution in [0.3, 0.4) is 0 Å². The molecule has 112 valence electrons. The molecule has 0 aliphatic carbocycles. The molecule has 0 heterocycles. The predicted molar refractivity (Wildman–Crippen MR) is 77.2 cm³/mol. The standard InChI is InChI=1S/C14H15FN2O3S/c15-13-7-12(16)4-5-14(13)21(19,20)17-8-10-2-1-3-11(6-10)9-18/h1-7,17-18H,8-9,16H2. The lowest BCUT2D eigenvalue weighted by atomic mass is 10.1. The van der Waals surface area contributed by atoms with E-state index >= 15 is 0 Å². The van der Waals surface area contributed by atoms with Crippen LogP contribution in [0, 0.1) is 5.82 Å². The summed E-state index contributed by atoms with van der Waals surface area (Å²) in [4.78, 5) is -0.449. The number of nitrogens with two attached hydrogens (primary N) is 1. The first-order valence-corrected chi connectivity index (χ1v) is 7.64. The highest BCUT2D eigenvalue weighted by Crippen LogP contribution is 2.17. The maximum absolute atomic E-state index is 13.7. The number of aliphatic hydroxyl groups excluding tert-OH is 1. The summed E-state index contributed by atoms with van der Waals surface area (Å²) in [5.41, 5.74) is 6.88. The van der Waals surface area contributed by atoms with Gasteiger partial charge in [0.15, 0.2) is 0 Å². The summed E-state index contributed by atoms with van der Waals surface area (Å²) < 4.78 is 40.1. The van der Waals surface area contributed by atoms with Crippen LogP contribution in [-0.2, 0) is 23.2 Å². The first-order chi connectivity index (χ1) is 9.92. The minimum atomic E-state index is -3.97. The monoisotopic (exact) mass is 310 g/mol. The molecular weight excluding hydrogens is 295 g/mol. The van der Waals surface area contributed by atoms with Crippen molar-refractivity contribution in [2.24, 2.45) is 0 Å². The van der Waals surface area contributed by atoms with Gasteiger partial charge in [-0.2, -0.15) is 0 Å². The molecule has 2 aromatic rings. The molecule has 0 saturated heterocycles. The molecule has 4 N–H and O–H groups in total. The Morgan fingerprint density at radius 2 is 1.86 bits per heavy atom. The van der Waals surface area contributed by atoms with Gasteiger partial charge in [-0.15, -0.1) is 0 Å². The fourth-order valence-corrected chi connectivity index (χ4v) is 2.90. The van der Waals surface area contributed by atoms with Crippen molar-refractivity contribution in [2.75, 3.05) is 5.73 Å². The molecule has 0 aliphatic heterocycles. The van der Waals surface area contributed by atoms with E-state index in [1.807, 2.05) is 0 Å². The van der Waals surface area contributed by atoms with E-state index in [-0.39, 0.29) is 18.8 Å². The summed E-state index contributed by atoms with van der Waals surface area (Å²) in [6.45, 7) is -0.132. The Labute approximate surface area is 122 Å². The largest absolute Gasteiger partial charge is 0.399 e. The molecule has 0 saturated carbocycles. The molecule has 0 fully saturated rings. The maximum atomic E-state index is 13.7. The van der Waals surface area contributed by atoms with E-state index in [0.29, 0.717) is 11.1 Å². The van der Waals surface area contributed by atoms with Crippen molar-refractivity contribution >= 4 is 15.7 Å². The molecule has 0 bridgehead atoms. The first-order valence-electron chi connectivity index (χ1n) is 6.16. The first kappa shape index (κ1) is 15.4. The van der Waals surface area contributed by atoms with Crippen LogP contribution in [0.5, 0.6) is 0 Å². The van der Waals surface area contributed by atoms with E-state index in [1.54, 1.807) is 24.3 Å². The van der Waals surface area contributed by atoms with Crippen LogP contribution in [0.1, 0.15) is 11.1 Å². The summed E-state index contributed by atoms with van der Waals surface area (Å²) in [6.07, 6.45) is 0. The van der Waals surface area contributed by atoms with Gasteiger partial charge in [0.1, 0.15) is 10.7 Å². The lowest BCUT2D eigenvalue weighted by Crippen LogP contribution is -2.24. The number of hydrogen-bond acceptors (Lipinski definition) is 4. The third-order valence-electron chi connectivity index (χ3n) is 2.89. The third kappa shape index (κ3) is 3.78. The van der Waals surface area contributed by atoms with Gasteiger partial charge in [-0.05, 0) is 29.3 Å². The molecule has 0 radical (unpaired) electrons. The number of benzene rings is 2. The molecule has 0 spiro atoms. The Morgan fingerprint density at radius 3 is 2.52 bits per heavy atom. The topological polar surface area (TPSA) is 92.4 Å². The number of hydrogen-bond donors (Lipinski definition) is 3. The summed E-state index contributed by atoms with van der Waals surface area (Å²) in [5, 5.41) is 9.03. The second-order valence-electron chi connectivity index (χ2n) is 4.49. The van der Waals surface area contributed by atoms with Gasteiger partial charge < -0.3 is 10.8 Å². The van der Waals surface area contributed by atoms with Crippen LogP contribution < -0.4 is 10.5 Å². The van der Waals surface area contributed by atoms with Crippen LogP contribution in [0.15, 0.2) is 47.4 Å². The van der Waals surface area contributed by atoms with Gasteiger partial charge >= 0.3 is 0 Å². The molecular formula is C14H15FN2O3S. The predicted octanol–water partition coefficient (Wildman–Crippen LogP) is 1.38. The maximum Gasteiger partial charge on any atom is 0.243 e. The lowest BCUT2D eigenvalue weighted by Gasteiger charge is -2.09. The van der Waals surface area contributed by atoms with Crippen LogP contribution in [0.4, 0.5) is 10.1 Å². The van der Waals surface area contributed by atoms with Crippen LogP contribution in [0.25, 0.3) is 0 Å². The van der Waals surface area contributed by atoms with Crippen molar-refractivity contribution in [3.8, 4) is 0 Å². The van der Waals surface area contributed by atoms with Gasteiger partial charge in [-0.1, -0.05) is 24.3 Å². The molecule has 2 aromatic carbocycles. The zero-order valence-electron chi connectivity index (χ0n) is 11.1. The number of aliphatic hydroxyl groups is 1. The van der Waals surface area contributed by atoms with Gasteiger partial charge in [-0.3, -0.25) is 0 Å². The molecule has 0 aliphatic rings. The van der Waals surface area contributed by atoms with E-state index in [4.69, 9.17) is 10.8 Å². The Hall–Kier alpha value is -1.96. The van der Waals surface area contributed by atoms with Gasteiger partial charge in [0.05, 0.1) is 6.61 Å². The molecule has 21 heavy (non-hydrogen) atoms. The molecule has 0 aromatic heterocycles. The fraction of sp³-hybridized carbons (Fsp3) is 0.143. The Balaban J connectivity index is 2.17. The number of halogens is 1. The zero-order chi connectivity index (χ0) is 15.5. The summed E-state index contributed by atoms with van der Waals surface area (Å²) in [6, 6.07) is 10.2. The van der Waals surface area contributed by atoms with Crippen molar-refractivity contribution in [1.82, 2.24) is 4.72 Å². The van der Waals surface area contributed by atoms with E-state index in [2.05, 4.69) is 4.72 Å². The van der Waals surface area contributed by atoms with Crippen LogP contribution in [0.2, 0.25) is 0 Å². The SMILES string of the molecule is Nc1ccc(S(=O)(=O)NCc2cccc(CO)c2)c(F)c1. The van der Waals surface area contributed by atoms with Gasteiger partial charge in [0.2, 0.25) is 10.0 Å². The summed E-state index contributed by atoms with van der Waals surface area (Å²) in [7, 11) is -3.97. The molecule has 5 nitrogen and oxygen atoms in total. The molecule has 2 rings (SSSR count). The van der Waals surface area contributed by atoms with Gasteiger partial charge in [0, 0.05) is 12.2 Å². The van der Waals surface area contributed by atoms with E-state index in [0.717, 1.165) is 12.1 Å². The van der Waals surface area contributed by atoms with Crippen molar-refractivity contribution in [3.05, 3.63) is 59.4 Å². The summed E-state index contributed by atoms with van der Waals surface area (Å²) in [5.74, 6) is -0.897. The highest BCUT2D eigenvalue weighted by molar-refractivity contribution is 7.89. The Kier molecular flexibility index (Phi) is 4.56. The highest BCUT2D eigenvalue weighted by atomic mass is 32.2. The average Bonchev–Trinajstić information content (AvgIpc) is 2.45. The number of nitrogens with one attached hydrogen (secondary N) is 1. The molecule has 0 unspecified atom stereocenters. The Morgan fingerprint density at radius 1 is 1.14 bits per heavy atom. The van der Waals surface area contributed by atoms with Gasteiger partial charge in [-0.25, -0.2) is 17.5 Å². The van der Waals surface area contributed by atoms with E-state index in [9.17, 15) is 12.8 Å². The highest BCUT2D eigenvalue weighted by Gasteiger charge is 2.18. The second-order valence-corrected chi connectivity index (χ2v) is 6.23. The minimum Gasteiger partial charge on any atom is -0.399 e. The molecule has 0 atom stereocenters. The van der Waals surface area contributed by atoms with Crippen molar-refractivity contribution < 1.29 is 17.9 Å². The van der Waals surface area contributed by atoms with Gasteiger partial charge in [0.25, 0.3) is 0 Å². The zero-order valence-corrected chi connectivity index (χ0v) is 11.9. The lowest BCUT2D eigenvalue weighted by molar-refractivity contribution is 0.281. The number of rotatable bonds is 5.